The number of aryl methyl sites for hydroxylation is 1. The number of aromatic nitrogens is 2. The van der Waals surface area contributed by atoms with Crippen LogP contribution in [0.2, 0.25) is 0 Å². The molecule has 0 saturated carbocycles. The fourth-order valence-electron chi connectivity index (χ4n) is 1.61. The summed E-state index contributed by atoms with van der Waals surface area (Å²) in [6.45, 7) is 0.215. The maximum atomic E-state index is 13.0. The quantitative estimate of drug-likeness (QED) is 0.882. The molecule has 0 bridgehead atoms. The van der Waals surface area contributed by atoms with Gasteiger partial charge in [0.2, 0.25) is 5.95 Å². The normalized spacial score (nSPS) is 12.1. The number of hydrogen-bond acceptors (Lipinski definition) is 4. The first-order valence-corrected chi connectivity index (χ1v) is 7.02. The van der Waals surface area contributed by atoms with Gasteiger partial charge in [0, 0.05) is 18.9 Å². The van der Waals surface area contributed by atoms with Crippen molar-refractivity contribution in [3.8, 4) is 0 Å². The van der Waals surface area contributed by atoms with Gasteiger partial charge in [-0.05, 0) is 12.1 Å². The van der Waals surface area contributed by atoms with E-state index in [4.69, 9.17) is 5.73 Å². The van der Waals surface area contributed by atoms with Crippen LogP contribution in [0.15, 0.2) is 18.2 Å². The van der Waals surface area contributed by atoms with Crippen molar-refractivity contribution in [1.82, 2.24) is 9.55 Å². The number of benzene rings is 1. The minimum Gasteiger partial charge on any atom is -0.369 e. The van der Waals surface area contributed by atoms with Crippen molar-refractivity contribution in [1.29, 1.82) is 0 Å². The van der Waals surface area contributed by atoms with Gasteiger partial charge in [-0.15, -0.1) is 0 Å². The standard InChI is InChI=1S/C10H12FN3O2S/c1-17(15,16)5-4-14-9-3-2-7(11)6-8(9)13-10(14)12/h2-3,6H,4-5H2,1H3,(H2,12,13). The molecule has 2 rings (SSSR count). The van der Waals surface area contributed by atoms with Gasteiger partial charge in [0.15, 0.2) is 0 Å². The van der Waals surface area contributed by atoms with E-state index in [9.17, 15) is 12.8 Å². The van der Waals surface area contributed by atoms with Crippen LogP contribution in [-0.2, 0) is 16.4 Å². The molecule has 0 aliphatic heterocycles. The van der Waals surface area contributed by atoms with Crippen LogP contribution in [0, 0.1) is 5.82 Å². The molecule has 0 spiro atoms. The number of hydrogen-bond donors (Lipinski definition) is 1. The highest BCUT2D eigenvalue weighted by atomic mass is 32.2. The zero-order chi connectivity index (χ0) is 12.6. The van der Waals surface area contributed by atoms with Gasteiger partial charge >= 0.3 is 0 Å². The Bertz CT molecular complexity index is 663. The molecular formula is C10H12FN3O2S. The number of anilines is 1. The molecule has 2 aromatic rings. The maximum absolute atomic E-state index is 13.0. The molecule has 7 heteroatoms. The Morgan fingerprint density at radius 2 is 2.18 bits per heavy atom. The maximum Gasteiger partial charge on any atom is 0.201 e. The van der Waals surface area contributed by atoms with Gasteiger partial charge < -0.3 is 10.3 Å². The van der Waals surface area contributed by atoms with E-state index >= 15 is 0 Å². The van der Waals surface area contributed by atoms with Gasteiger partial charge in [-0.3, -0.25) is 0 Å². The fraction of sp³-hybridized carbons (Fsp3) is 0.300. The van der Waals surface area contributed by atoms with Crippen molar-refractivity contribution < 1.29 is 12.8 Å². The lowest BCUT2D eigenvalue weighted by Crippen LogP contribution is -2.12. The highest BCUT2D eigenvalue weighted by molar-refractivity contribution is 7.90. The third-order valence-corrected chi connectivity index (χ3v) is 3.35. The molecule has 5 nitrogen and oxygen atoms in total. The van der Waals surface area contributed by atoms with Crippen molar-refractivity contribution in [2.45, 2.75) is 6.54 Å². The Balaban J connectivity index is 2.43. The SMILES string of the molecule is CS(=O)(=O)CCn1c(N)nc2cc(F)ccc21. The summed E-state index contributed by atoms with van der Waals surface area (Å²) in [5.74, 6) is -0.237. The van der Waals surface area contributed by atoms with Crippen LogP contribution in [0.25, 0.3) is 11.0 Å². The summed E-state index contributed by atoms with van der Waals surface area (Å²) < 4.78 is 36.7. The van der Waals surface area contributed by atoms with E-state index in [1.165, 1.54) is 18.2 Å². The van der Waals surface area contributed by atoms with Crippen LogP contribution in [0.5, 0.6) is 0 Å². The van der Waals surface area contributed by atoms with Gasteiger partial charge in [0.25, 0.3) is 0 Å². The first-order valence-electron chi connectivity index (χ1n) is 4.96. The average Bonchev–Trinajstić information content (AvgIpc) is 2.48. The highest BCUT2D eigenvalue weighted by Crippen LogP contribution is 2.18. The zero-order valence-corrected chi connectivity index (χ0v) is 10.0. The molecule has 0 atom stereocenters. The third-order valence-electron chi connectivity index (χ3n) is 2.43. The lowest BCUT2D eigenvalue weighted by molar-refractivity contribution is 0.596. The van der Waals surface area contributed by atoms with E-state index in [-0.39, 0.29) is 18.2 Å². The monoisotopic (exact) mass is 257 g/mol. The van der Waals surface area contributed by atoms with E-state index in [0.717, 1.165) is 6.26 Å². The van der Waals surface area contributed by atoms with Gasteiger partial charge in [-0.25, -0.2) is 17.8 Å². The molecule has 1 aromatic carbocycles. The number of nitrogen functional groups attached to an aromatic ring is 1. The van der Waals surface area contributed by atoms with Gasteiger partial charge in [0.05, 0.1) is 16.8 Å². The average molecular weight is 257 g/mol. The van der Waals surface area contributed by atoms with E-state index in [1.807, 2.05) is 0 Å². The zero-order valence-electron chi connectivity index (χ0n) is 9.22. The van der Waals surface area contributed by atoms with Gasteiger partial charge in [0.1, 0.15) is 15.7 Å². The molecule has 0 fully saturated rings. The number of rotatable bonds is 3. The van der Waals surface area contributed by atoms with Crippen LogP contribution in [0.1, 0.15) is 0 Å². The minimum atomic E-state index is -3.07. The van der Waals surface area contributed by atoms with Crippen molar-refractivity contribution in [3.05, 3.63) is 24.0 Å². The van der Waals surface area contributed by atoms with Gasteiger partial charge in [-0.2, -0.15) is 0 Å². The molecule has 0 aliphatic carbocycles. The van der Waals surface area contributed by atoms with Crippen molar-refractivity contribution in [2.24, 2.45) is 0 Å². The topological polar surface area (TPSA) is 78.0 Å². The summed E-state index contributed by atoms with van der Waals surface area (Å²) in [4.78, 5) is 3.98. The number of sulfone groups is 1. The van der Waals surface area contributed by atoms with Crippen molar-refractivity contribution in [2.75, 3.05) is 17.7 Å². The summed E-state index contributed by atoms with van der Waals surface area (Å²) in [5.41, 5.74) is 6.73. The summed E-state index contributed by atoms with van der Waals surface area (Å²) in [5, 5.41) is 0. The smallest absolute Gasteiger partial charge is 0.201 e. The Labute approximate surface area is 98.0 Å². The van der Waals surface area contributed by atoms with E-state index in [2.05, 4.69) is 4.98 Å². The molecule has 17 heavy (non-hydrogen) atoms. The molecule has 1 aromatic heterocycles. The fourth-order valence-corrected chi connectivity index (χ4v) is 2.13. The Morgan fingerprint density at radius 1 is 1.47 bits per heavy atom. The van der Waals surface area contributed by atoms with Crippen LogP contribution in [0.3, 0.4) is 0 Å². The van der Waals surface area contributed by atoms with Crippen molar-refractivity contribution >= 4 is 26.8 Å². The first kappa shape index (κ1) is 11.8. The largest absolute Gasteiger partial charge is 0.369 e. The third kappa shape index (κ3) is 2.55. The Morgan fingerprint density at radius 3 is 2.82 bits per heavy atom. The Hall–Kier alpha value is -1.63. The lowest BCUT2D eigenvalue weighted by Gasteiger charge is -2.04. The summed E-state index contributed by atoms with van der Waals surface area (Å²) in [6.07, 6.45) is 1.15. The van der Waals surface area contributed by atoms with Crippen molar-refractivity contribution in [3.63, 3.8) is 0 Å². The second-order valence-electron chi connectivity index (χ2n) is 3.88. The number of fused-ring (bicyclic) bond motifs is 1. The number of nitrogens with two attached hydrogens (primary N) is 1. The van der Waals surface area contributed by atoms with Crippen LogP contribution in [0.4, 0.5) is 10.3 Å². The molecule has 0 aliphatic rings. The highest BCUT2D eigenvalue weighted by Gasteiger charge is 2.11. The minimum absolute atomic E-state index is 0.0277. The molecule has 1 heterocycles. The molecule has 2 N–H and O–H groups in total. The summed E-state index contributed by atoms with van der Waals surface area (Å²) >= 11 is 0. The summed E-state index contributed by atoms with van der Waals surface area (Å²) in [6, 6.07) is 4.10. The molecular weight excluding hydrogens is 245 g/mol. The van der Waals surface area contributed by atoms with Crippen LogP contribution < -0.4 is 5.73 Å². The number of halogens is 1. The molecule has 0 saturated heterocycles. The predicted octanol–water partition coefficient (Wildman–Crippen LogP) is 0.802. The van der Waals surface area contributed by atoms with E-state index in [0.29, 0.717) is 11.0 Å². The summed E-state index contributed by atoms with van der Waals surface area (Å²) in [7, 11) is -3.07. The molecule has 0 unspecified atom stereocenters. The van der Waals surface area contributed by atoms with E-state index < -0.39 is 15.7 Å². The second-order valence-corrected chi connectivity index (χ2v) is 6.14. The van der Waals surface area contributed by atoms with E-state index in [1.54, 1.807) is 4.57 Å². The number of imidazole rings is 1. The predicted molar refractivity (Wildman–Crippen MR) is 63.8 cm³/mol. The number of nitrogens with zero attached hydrogens (tertiary/aromatic N) is 2. The van der Waals surface area contributed by atoms with Crippen LogP contribution in [-0.4, -0.2) is 30.0 Å². The first-order chi connectivity index (χ1) is 7.87. The Kier molecular flexibility index (Phi) is 2.78. The van der Waals surface area contributed by atoms with Crippen LogP contribution >= 0.6 is 0 Å². The molecule has 0 amide bonds. The van der Waals surface area contributed by atoms with Gasteiger partial charge in [-0.1, -0.05) is 0 Å². The molecule has 0 radical (unpaired) electrons. The molecule has 92 valence electrons. The lowest BCUT2D eigenvalue weighted by atomic mass is 10.3. The second kappa shape index (κ2) is 3.99.